The van der Waals surface area contributed by atoms with Crippen LogP contribution in [0.2, 0.25) is 0 Å². The summed E-state index contributed by atoms with van der Waals surface area (Å²) in [5.41, 5.74) is 2.98. The Morgan fingerprint density at radius 3 is 2.63 bits per heavy atom. The van der Waals surface area contributed by atoms with E-state index in [9.17, 15) is 18.0 Å². The monoisotopic (exact) mass is 426 g/mol. The van der Waals surface area contributed by atoms with Gasteiger partial charge in [0.2, 0.25) is 15.9 Å². The van der Waals surface area contributed by atoms with Gasteiger partial charge in [0.15, 0.2) is 0 Å². The normalized spacial score (nSPS) is 16.9. The maximum atomic E-state index is 13.1. The second-order valence-corrected chi connectivity index (χ2v) is 9.59. The quantitative estimate of drug-likeness (QED) is 0.647. The van der Waals surface area contributed by atoms with E-state index in [4.69, 9.17) is 4.42 Å². The minimum atomic E-state index is -3.58. The molecule has 156 valence electrons. The zero-order valence-electron chi connectivity index (χ0n) is 16.7. The molecule has 2 heterocycles. The molecule has 3 aromatic rings. The molecule has 0 fully saturated rings. The van der Waals surface area contributed by atoms with Gasteiger partial charge in [-0.1, -0.05) is 24.3 Å². The van der Waals surface area contributed by atoms with Gasteiger partial charge >= 0.3 is 5.63 Å². The first-order valence-corrected chi connectivity index (χ1v) is 11.3. The molecular formula is C22H22N2O5S. The number of sulfonamides is 1. The highest BCUT2D eigenvalue weighted by Gasteiger charge is 2.38. The Morgan fingerprint density at radius 2 is 1.90 bits per heavy atom. The molecule has 1 aromatic heterocycles. The van der Waals surface area contributed by atoms with Crippen LogP contribution in [0.15, 0.2) is 57.7 Å². The molecule has 8 heteroatoms. The number of nitrogens with one attached hydrogen (secondary N) is 1. The van der Waals surface area contributed by atoms with Gasteiger partial charge in [0, 0.05) is 29.8 Å². The van der Waals surface area contributed by atoms with E-state index in [0.717, 1.165) is 22.1 Å². The Morgan fingerprint density at radius 1 is 1.17 bits per heavy atom. The third kappa shape index (κ3) is 3.76. The summed E-state index contributed by atoms with van der Waals surface area (Å²) in [5.74, 6) is -0.504. The van der Waals surface area contributed by atoms with Gasteiger partial charge in [-0.25, -0.2) is 13.2 Å². The lowest BCUT2D eigenvalue weighted by atomic mass is 9.95. The van der Waals surface area contributed by atoms with Gasteiger partial charge in [0.25, 0.3) is 0 Å². The summed E-state index contributed by atoms with van der Waals surface area (Å²) >= 11 is 0. The Bertz CT molecular complexity index is 1300. The van der Waals surface area contributed by atoms with Crippen molar-refractivity contribution in [3.63, 3.8) is 0 Å². The molecule has 0 saturated carbocycles. The van der Waals surface area contributed by atoms with Gasteiger partial charge in [-0.3, -0.25) is 4.79 Å². The van der Waals surface area contributed by atoms with Crippen LogP contribution in [0.3, 0.4) is 0 Å². The Kier molecular flexibility index (Phi) is 5.21. The van der Waals surface area contributed by atoms with E-state index in [1.807, 2.05) is 31.2 Å². The zero-order valence-corrected chi connectivity index (χ0v) is 17.5. The number of carbonyl (C=O) groups excluding carboxylic acids is 1. The van der Waals surface area contributed by atoms with Crippen LogP contribution in [0.1, 0.15) is 23.6 Å². The fraction of sp³-hybridized carbons (Fsp3) is 0.273. The van der Waals surface area contributed by atoms with E-state index >= 15 is 0 Å². The number of aryl methyl sites for hydroxylation is 1. The van der Waals surface area contributed by atoms with Gasteiger partial charge in [-0.15, -0.1) is 0 Å². The van der Waals surface area contributed by atoms with Crippen LogP contribution < -0.4 is 10.9 Å². The molecule has 0 bridgehead atoms. The molecule has 1 amide bonds. The highest BCUT2D eigenvalue weighted by atomic mass is 32.2. The second-order valence-electron chi connectivity index (χ2n) is 7.38. The van der Waals surface area contributed by atoms with Crippen molar-refractivity contribution >= 4 is 32.6 Å². The van der Waals surface area contributed by atoms with Gasteiger partial charge in [0.1, 0.15) is 11.6 Å². The Hall–Kier alpha value is -2.97. The van der Waals surface area contributed by atoms with Crippen molar-refractivity contribution in [3.05, 3.63) is 75.6 Å². The summed E-state index contributed by atoms with van der Waals surface area (Å²) < 4.78 is 31.9. The van der Waals surface area contributed by atoms with Gasteiger partial charge in [-0.2, -0.15) is 4.31 Å². The van der Waals surface area contributed by atoms with Crippen molar-refractivity contribution in [2.45, 2.75) is 32.9 Å². The molecule has 30 heavy (non-hydrogen) atoms. The van der Waals surface area contributed by atoms with Gasteiger partial charge in [0.05, 0.1) is 5.75 Å². The smallest absolute Gasteiger partial charge is 0.336 e. The topological polar surface area (TPSA) is 96.7 Å². The Balaban J connectivity index is 1.67. The predicted molar refractivity (Wildman–Crippen MR) is 115 cm³/mol. The molecule has 0 aliphatic carbocycles. The fourth-order valence-electron chi connectivity index (χ4n) is 3.81. The first-order valence-electron chi connectivity index (χ1n) is 9.70. The third-order valence-corrected chi connectivity index (χ3v) is 7.28. The molecule has 1 aliphatic rings. The average Bonchev–Trinajstić information content (AvgIpc) is 2.72. The molecule has 1 N–H and O–H groups in total. The SMILES string of the molecule is CCS(=O)(=O)N1Cc2ccccc2CC1C(=O)Nc1ccc2c(C)cc(=O)oc2c1. The van der Waals surface area contributed by atoms with E-state index in [-0.39, 0.29) is 12.3 Å². The first kappa shape index (κ1) is 20.3. The van der Waals surface area contributed by atoms with Crippen molar-refractivity contribution in [1.29, 1.82) is 0 Å². The highest BCUT2D eigenvalue weighted by Crippen LogP contribution is 2.27. The van der Waals surface area contributed by atoms with E-state index in [1.54, 1.807) is 25.1 Å². The molecule has 0 spiro atoms. The van der Waals surface area contributed by atoms with Crippen molar-refractivity contribution < 1.29 is 17.6 Å². The van der Waals surface area contributed by atoms with Crippen molar-refractivity contribution in [1.82, 2.24) is 4.31 Å². The number of hydrogen-bond acceptors (Lipinski definition) is 5. The van der Waals surface area contributed by atoms with Crippen LogP contribution in [0, 0.1) is 6.92 Å². The number of fused-ring (bicyclic) bond motifs is 2. The molecule has 7 nitrogen and oxygen atoms in total. The number of rotatable bonds is 4. The second kappa shape index (κ2) is 7.70. The summed E-state index contributed by atoms with van der Waals surface area (Å²) in [5, 5.41) is 3.57. The third-order valence-electron chi connectivity index (χ3n) is 5.45. The summed E-state index contributed by atoms with van der Waals surface area (Å²) in [6.45, 7) is 3.54. The molecule has 0 radical (unpaired) electrons. The number of hydrogen-bond donors (Lipinski definition) is 1. The van der Waals surface area contributed by atoms with Crippen molar-refractivity contribution in [2.75, 3.05) is 11.1 Å². The van der Waals surface area contributed by atoms with Crippen LogP contribution in [0.4, 0.5) is 5.69 Å². The molecule has 1 aliphatic heterocycles. The Labute approximate surface area is 174 Å². The minimum absolute atomic E-state index is 0.0840. The number of benzene rings is 2. The number of anilines is 1. The van der Waals surface area contributed by atoms with Crippen LogP contribution in [0.5, 0.6) is 0 Å². The average molecular weight is 426 g/mol. The van der Waals surface area contributed by atoms with E-state index in [1.165, 1.54) is 10.4 Å². The highest BCUT2D eigenvalue weighted by molar-refractivity contribution is 7.89. The van der Waals surface area contributed by atoms with Crippen molar-refractivity contribution in [3.8, 4) is 0 Å². The van der Waals surface area contributed by atoms with E-state index < -0.39 is 27.6 Å². The summed E-state index contributed by atoms with van der Waals surface area (Å²) in [6, 6.07) is 13.2. The van der Waals surface area contributed by atoms with Crippen LogP contribution in [-0.4, -0.2) is 30.4 Å². The maximum absolute atomic E-state index is 13.1. The first-order chi connectivity index (χ1) is 14.3. The molecule has 1 atom stereocenters. The van der Waals surface area contributed by atoms with Crippen LogP contribution in [-0.2, 0) is 27.8 Å². The lowest BCUT2D eigenvalue weighted by Crippen LogP contribution is -2.51. The van der Waals surface area contributed by atoms with Crippen LogP contribution >= 0.6 is 0 Å². The van der Waals surface area contributed by atoms with E-state index in [0.29, 0.717) is 17.7 Å². The number of nitrogens with zero attached hydrogens (tertiary/aromatic N) is 1. The fourth-order valence-corrected chi connectivity index (χ4v) is 5.03. The zero-order chi connectivity index (χ0) is 21.5. The largest absolute Gasteiger partial charge is 0.423 e. The van der Waals surface area contributed by atoms with E-state index in [2.05, 4.69) is 5.32 Å². The minimum Gasteiger partial charge on any atom is -0.423 e. The van der Waals surface area contributed by atoms with Gasteiger partial charge in [-0.05, 0) is 49.1 Å². The molecule has 0 saturated heterocycles. The number of carbonyl (C=O) groups is 1. The molecule has 4 rings (SSSR count). The molecular weight excluding hydrogens is 404 g/mol. The number of amides is 1. The summed E-state index contributed by atoms with van der Waals surface area (Å²) in [6.07, 6.45) is 0.295. The molecule has 1 unspecified atom stereocenters. The summed E-state index contributed by atoms with van der Waals surface area (Å²) in [4.78, 5) is 24.8. The van der Waals surface area contributed by atoms with Crippen LogP contribution in [0.25, 0.3) is 11.0 Å². The standard InChI is InChI=1S/C22H22N2O5S/c1-3-30(27,28)24-13-16-7-5-4-6-15(16)11-19(24)22(26)23-17-8-9-18-14(2)10-21(25)29-20(18)12-17/h4-10,12,19H,3,11,13H2,1-2H3,(H,23,26). The predicted octanol–water partition coefficient (Wildman–Crippen LogP) is 2.82. The summed E-state index contributed by atoms with van der Waals surface area (Å²) in [7, 11) is -3.58. The maximum Gasteiger partial charge on any atom is 0.336 e. The lowest BCUT2D eigenvalue weighted by Gasteiger charge is -2.34. The van der Waals surface area contributed by atoms with Crippen molar-refractivity contribution in [2.24, 2.45) is 0 Å². The molecule has 2 aromatic carbocycles. The lowest BCUT2D eigenvalue weighted by molar-refractivity contribution is -0.120. The van der Waals surface area contributed by atoms with Gasteiger partial charge < -0.3 is 9.73 Å².